The number of hydrogen-bond acceptors (Lipinski definition) is 2. The molecule has 0 spiro atoms. The van der Waals surface area contributed by atoms with Gasteiger partial charge in [-0.1, -0.05) is 31.2 Å². The predicted octanol–water partition coefficient (Wildman–Crippen LogP) is 4.40. The molecule has 0 saturated heterocycles. The number of nitrogens with zero attached hydrogens (tertiary/aromatic N) is 1. The van der Waals surface area contributed by atoms with Gasteiger partial charge in [0.2, 0.25) is 5.91 Å². The van der Waals surface area contributed by atoms with Gasteiger partial charge in [-0.15, -0.1) is 0 Å². The van der Waals surface area contributed by atoms with Crippen molar-refractivity contribution in [3.8, 4) is 0 Å². The smallest absolute Gasteiger partial charge is 0.258 e. The summed E-state index contributed by atoms with van der Waals surface area (Å²) in [6, 6.07) is 14.9. The van der Waals surface area contributed by atoms with Gasteiger partial charge in [0.15, 0.2) is 0 Å². The van der Waals surface area contributed by atoms with Crippen LogP contribution >= 0.6 is 0 Å². The highest BCUT2D eigenvalue weighted by Gasteiger charge is 2.18. The van der Waals surface area contributed by atoms with Crippen LogP contribution in [-0.2, 0) is 4.79 Å². The predicted molar refractivity (Wildman–Crippen MR) is 98.5 cm³/mol. The van der Waals surface area contributed by atoms with Crippen LogP contribution in [0.25, 0.3) is 0 Å². The number of benzene rings is 2. The van der Waals surface area contributed by atoms with E-state index >= 15 is 0 Å². The molecular formula is C20H24N2O2. The highest BCUT2D eigenvalue weighted by atomic mass is 16.2. The maximum Gasteiger partial charge on any atom is 0.258 e. The van der Waals surface area contributed by atoms with Gasteiger partial charge in [-0.3, -0.25) is 9.59 Å². The normalized spacial score (nSPS) is 10.3. The summed E-state index contributed by atoms with van der Waals surface area (Å²) in [5.74, 6) is -0.105. The Kier molecular flexibility index (Phi) is 6.13. The maximum absolute atomic E-state index is 12.9. The molecule has 0 aliphatic rings. The molecule has 2 aromatic carbocycles. The molecule has 0 fully saturated rings. The van der Waals surface area contributed by atoms with E-state index in [1.807, 2.05) is 45.0 Å². The third-order valence-electron chi connectivity index (χ3n) is 3.84. The first kappa shape index (κ1) is 17.7. The minimum atomic E-state index is -0.0709. The summed E-state index contributed by atoms with van der Waals surface area (Å²) in [4.78, 5) is 26.4. The second-order valence-electron chi connectivity index (χ2n) is 5.71. The number of carbonyl (C=O) groups is 2. The van der Waals surface area contributed by atoms with Crippen molar-refractivity contribution < 1.29 is 9.59 Å². The van der Waals surface area contributed by atoms with E-state index < -0.39 is 0 Å². The fourth-order valence-electron chi connectivity index (χ4n) is 2.63. The Labute approximate surface area is 143 Å². The Morgan fingerprint density at radius 3 is 2.46 bits per heavy atom. The Hall–Kier alpha value is -2.62. The Morgan fingerprint density at radius 2 is 1.79 bits per heavy atom. The van der Waals surface area contributed by atoms with Gasteiger partial charge in [-0.25, -0.2) is 0 Å². The van der Waals surface area contributed by atoms with Gasteiger partial charge in [0, 0.05) is 29.9 Å². The molecule has 24 heavy (non-hydrogen) atoms. The molecule has 0 saturated carbocycles. The first-order valence-electron chi connectivity index (χ1n) is 8.34. The molecule has 2 amide bonds. The molecule has 0 aromatic heterocycles. The second kappa shape index (κ2) is 8.29. The molecule has 0 aliphatic heterocycles. The average molecular weight is 324 g/mol. The number of hydrogen-bond donors (Lipinski definition) is 1. The van der Waals surface area contributed by atoms with E-state index in [4.69, 9.17) is 0 Å². The van der Waals surface area contributed by atoms with E-state index in [0.29, 0.717) is 24.2 Å². The fourth-order valence-corrected chi connectivity index (χ4v) is 2.63. The molecule has 4 nitrogen and oxygen atoms in total. The standard InChI is InChI=1S/C20H24N2O2/c1-4-9-19(23)21-17-12-8-11-16(14-17)20(24)22(5-2)18-13-7-6-10-15(18)3/h6-8,10-14H,4-5,9H2,1-3H3,(H,21,23). The third-order valence-corrected chi connectivity index (χ3v) is 3.84. The number of amides is 2. The molecule has 2 aromatic rings. The van der Waals surface area contributed by atoms with Crippen LogP contribution in [0.4, 0.5) is 11.4 Å². The minimum absolute atomic E-state index is 0.0339. The molecule has 1 N–H and O–H groups in total. The lowest BCUT2D eigenvalue weighted by atomic mass is 10.1. The summed E-state index contributed by atoms with van der Waals surface area (Å²) in [5.41, 5.74) is 3.18. The molecule has 0 unspecified atom stereocenters. The van der Waals surface area contributed by atoms with Crippen LogP contribution in [0.3, 0.4) is 0 Å². The summed E-state index contributed by atoms with van der Waals surface area (Å²) in [6.07, 6.45) is 1.27. The van der Waals surface area contributed by atoms with Gasteiger partial charge in [0.25, 0.3) is 5.91 Å². The van der Waals surface area contributed by atoms with Gasteiger partial charge in [-0.05, 0) is 50.1 Å². The zero-order valence-corrected chi connectivity index (χ0v) is 14.5. The molecule has 0 aliphatic carbocycles. The molecule has 0 atom stereocenters. The monoisotopic (exact) mass is 324 g/mol. The largest absolute Gasteiger partial charge is 0.326 e. The van der Waals surface area contributed by atoms with E-state index in [1.165, 1.54) is 0 Å². The molecule has 0 radical (unpaired) electrons. The van der Waals surface area contributed by atoms with E-state index in [0.717, 1.165) is 17.7 Å². The van der Waals surface area contributed by atoms with Gasteiger partial charge in [0.1, 0.15) is 0 Å². The highest BCUT2D eigenvalue weighted by molar-refractivity contribution is 6.07. The molecule has 2 rings (SSSR count). The van der Waals surface area contributed by atoms with Crippen molar-refractivity contribution in [2.45, 2.75) is 33.6 Å². The summed E-state index contributed by atoms with van der Waals surface area (Å²) < 4.78 is 0. The van der Waals surface area contributed by atoms with Crippen molar-refractivity contribution in [2.75, 3.05) is 16.8 Å². The molecule has 0 bridgehead atoms. The molecule has 0 heterocycles. The second-order valence-corrected chi connectivity index (χ2v) is 5.71. The van der Waals surface area contributed by atoms with Gasteiger partial charge in [0.05, 0.1) is 0 Å². The quantitative estimate of drug-likeness (QED) is 0.856. The lowest BCUT2D eigenvalue weighted by molar-refractivity contribution is -0.116. The first-order chi connectivity index (χ1) is 11.6. The van der Waals surface area contributed by atoms with Crippen molar-refractivity contribution in [1.29, 1.82) is 0 Å². The van der Waals surface area contributed by atoms with E-state index in [2.05, 4.69) is 5.32 Å². The number of nitrogens with one attached hydrogen (secondary N) is 1. The van der Waals surface area contributed by atoms with Crippen molar-refractivity contribution in [2.24, 2.45) is 0 Å². The van der Waals surface area contributed by atoms with Crippen LogP contribution in [0.1, 0.15) is 42.6 Å². The van der Waals surface area contributed by atoms with Crippen molar-refractivity contribution in [3.63, 3.8) is 0 Å². The van der Waals surface area contributed by atoms with Gasteiger partial charge >= 0.3 is 0 Å². The van der Waals surface area contributed by atoms with Gasteiger partial charge < -0.3 is 10.2 Å². The van der Waals surface area contributed by atoms with Crippen molar-refractivity contribution >= 4 is 23.2 Å². The maximum atomic E-state index is 12.9. The number of carbonyl (C=O) groups excluding carboxylic acids is 2. The van der Waals surface area contributed by atoms with Crippen molar-refractivity contribution in [3.05, 3.63) is 59.7 Å². The van der Waals surface area contributed by atoms with E-state index in [-0.39, 0.29) is 11.8 Å². The number of aryl methyl sites for hydroxylation is 1. The summed E-state index contributed by atoms with van der Waals surface area (Å²) in [6.45, 7) is 6.49. The zero-order valence-electron chi connectivity index (χ0n) is 14.5. The van der Waals surface area contributed by atoms with Crippen LogP contribution < -0.4 is 10.2 Å². The Morgan fingerprint density at radius 1 is 1.04 bits per heavy atom. The summed E-state index contributed by atoms with van der Waals surface area (Å²) >= 11 is 0. The summed E-state index contributed by atoms with van der Waals surface area (Å²) in [5, 5.41) is 2.84. The third kappa shape index (κ3) is 4.22. The van der Waals surface area contributed by atoms with Crippen LogP contribution in [0.5, 0.6) is 0 Å². The lowest BCUT2D eigenvalue weighted by Crippen LogP contribution is -2.31. The first-order valence-corrected chi connectivity index (χ1v) is 8.34. The average Bonchev–Trinajstić information content (AvgIpc) is 2.57. The highest BCUT2D eigenvalue weighted by Crippen LogP contribution is 2.22. The Bertz CT molecular complexity index is 725. The minimum Gasteiger partial charge on any atom is -0.326 e. The zero-order chi connectivity index (χ0) is 17.5. The summed E-state index contributed by atoms with van der Waals surface area (Å²) in [7, 11) is 0. The van der Waals surface area contributed by atoms with Gasteiger partial charge in [-0.2, -0.15) is 0 Å². The van der Waals surface area contributed by atoms with Crippen LogP contribution in [0, 0.1) is 6.92 Å². The topological polar surface area (TPSA) is 49.4 Å². The Balaban J connectivity index is 2.25. The number of anilines is 2. The van der Waals surface area contributed by atoms with E-state index in [1.54, 1.807) is 29.2 Å². The lowest BCUT2D eigenvalue weighted by Gasteiger charge is -2.23. The van der Waals surface area contributed by atoms with Crippen LogP contribution in [0.2, 0.25) is 0 Å². The molecular weight excluding hydrogens is 300 g/mol. The SMILES string of the molecule is CCCC(=O)Nc1cccc(C(=O)N(CC)c2ccccc2C)c1. The van der Waals surface area contributed by atoms with Crippen LogP contribution in [0.15, 0.2) is 48.5 Å². The fraction of sp³-hybridized carbons (Fsp3) is 0.300. The number of rotatable bonds is 6. The van der Waals surface area contributed by atoms with Crippen molar-refractivity contribution in [1.82, 2.24) is 0 Å². The van der Waals surface area contributed by atoms with E-state index in [9.17, 15) is 9.59 Å². The van der Waals surface area contributed by atoms with Crippen LogP contribution in [-0.4, -0.2) is 18.4 Å². The molecule has 4 heteroatoms. The number of para-hydroxylation sites is 1. The molecule has 126 valence electrons.